The Labute approximate surface area is 68.0 Å². The highest BCUT2D eigenvalue weighted by atomic mass is 16.3. The van der Waals surface area contributed by atoms with Gasteiger partial charge in [0.05, 0.1) is 0 Å². The van der Waals surface area contributed by atoms with E-state index in [-0.39, 0.29) is 0 Å². The molecule has 0 rings (SSSR count). The molecule has 1 N–H and O–H groups in total. The molecule has 1 unspecified atom stereocenters. The Morgan fingerprint density at radius 1 is 1.55 bits per heavy atom. The van der Waals surface area contributed by atoms with Crippen molar-refractivity contribution in [2.75, 3.05) is 6.54 Å². The maximum Gasteiger partial charge on any atom is 0.314 e. The summed E-state index contributed by atoms with van der Waals surface area (Å²) in [5.74, 6) is 0. The summed E-state index contributed by atoms with van der Waals surface area (Å²) in [6.45, 7) is 4.48. The first-order chi connectivity index (χ1) is 5.26. The molecule has 0 aromatic carbocycles. The van der Waals surface area contributed by atoms with Crippen molar-refractivity contribution in [2.45, 2.75) is 39.3 Å². The molecule has 0 spiro atoms. The fraction of sp³-hybridized carbons (Fsp3) is 0.875. The van der Waals surface area contributed by atoms with Crippen LogP contribution in [0.3, 0.4) is 0 Å². The van der Waals surface area contributed by atoms with E-state index in [2.05, 4.69) is 0 Å². The Hall–Kier alpha value is -0.570. The number of hydrogen-bond donors (Lipinski definition) is 1. The summed E-state index contributed by atoms with van der Waals surface area (Å²) in [7, 11) is 0. The highest BCUT2D eigenvalue weighted by molar-refractivity contribution is 5.48. The molecule has 1 atom stereocenters. The summed E-state index contributed by atoms with van der Waals surface area (Å²) >= 11 is 0. The number of unbranched alkanes of at least 4 members (excludes halogenated alkanes) is 1. The standard InChI is InChI=1S/C8H16NO2/c1-3-5-6-9(7-10)8(11)4-2/h8,11H,3-6H2,1-2H3. The zero-order valence-electron chi connectivity index (χ0n) is 7.21. The van der Waals surface area contributed by atoms with Gasteiger partial charge < -0.3 is 10.0 Å². The molecule has 0 aromatic rings. The number of aliphatic hydroxyl groups excluding tert-OH is 1. The number of rotatable bonds is 6. The predicted octanol–water partition coefficient (Wildman–Crippen LogP) is 0.884. The lowest BCUT2D eigenvalue weighted by Gasteiger charge is -2.20. The first-order valence-electron chi connectivity index (χ1n) is 4.08. The van der Waals surface area contributed by atoms with Crippen LogP contribution >= 0.6 is 0 Å². The summed E-state index contributed by atoms with van der Waals surface area (Å²) in [4.78, 5) is 11.6. The second-order valence-corrected chi connectivity index (χ2v) is 2.53. The van der Waals surface area contributed by atoms with E-state index < -0.39 is 6.23 Å². The lowest BCUT2D eigenvalue weighted by molar-refractivity contribution is 0.0475. The normalized spacial score (nSPS) is 12.6. The first kappa shape index (κ1) is 10.4. The molecule has 11 heavy (non-hydrogen) atoms. The van der Waals surface area contributed by atoms with Crippen LogP contribution in [-0.2, 0) is 4.79 Å². The molecule has 3 heteroatoms. The minimum absolute atomic E-state index is 0.568. The van der Waals surface area contributed by atoms with Crippen molar-refractivity contribution in [1.29, 1.82) is 0 Å². The van der Waals surface area contributed by atoms with Crippen LogP contribution < -0.4 is 0 Å². The van der Waals surface area contributed by atoms with Crippen LogP contribution in [0.5, 0.6) is 0 Å². The van der Waals surface area contributed by atoms with Crippen molar-refractivity contribution in [3.8, 4) is 0 Å². The van der Waals surface area contributed by atoms with Crippen molar-refractivity contribution in [1.82, 2.24) is 4.90 Å². The Morgan fingerprint density at radius 2 is 2.18 bits per heavy atom. The lowest BCUT2D eigenvalue weighted by Crippen LogP contribution is -2.34. The van der Waals surface area contributed by atoms with Crippen molar-refractivity contribution < 1.29 is 9.90 Å². The van der Waals surface area contributed by atoms with E-state index in [0.29, 0.717) is 13.0 Å². The summed E-state index contributed by atoms with van der Waals surface area (Å²) < 4.78 is 0. The third-order valence-electron chi connectivity index (χ3n) is 1.59. The van der Waals surface area contributed by atoms with Crippen LogP contribution in [0.15, 0.2) is 0 Å². The largest absolute Gasteiger partial charge is 0.374 e. The van der Waals surface area contributed by atoms with Crippen molar-refractivity contribution in [3.63, 3.8) is 0 Å². The molecule has 65 valence electrons. The molecular weight excluding hydrogens is 142 g/mol. The monoisotopic (exact) mass is 158 g/mol. The molecular formula is C8H16NO2. The number of hydrogen-bond acceptors (Lipinski definition) is 2. The Kier molecular flexibility index (Phi) is 5.84. The van der Waals surface area contributed by atoms with Gasteiger partial charge in [-0.25, -0.2) is 0 Å². The number of carbonyl (C=O) groups excluding carboxylic acids is 1. The van der Waals surface area contributed by atoms with Gasteiger partial charge in [-0.05, 0) is 12.8 Å². The third-order valence-corrected chi connectivity index (χ3v) is 1.59. The number of amides is 1. The minimum atomic E-state index is -0.654. The van der Waals surface area contributed by atoms with Gasteiger partial charge in [0.25, 0.3) is 0 Å². The van der Waals surface area contributed by atoms with E-state index in [1.165, 1.54) is 4.90 Å². The first-order valence-corrected chi connectivity index (χ1v) is 4.08. The summed E-state index contributed by atoms with van der Waals surface area (Å²) in [5, 5.41) is 9.21. The van der Waals surface area contributed by atoms with Crippen molar-refractivity contribution >= 4 is 6.41 Å². The molecule has 0 aliphatic rings. The van der Waals surface area contributed by atoms with Crippen LogP contribution in [0, 0.1) is 0 Å². The van der Waals surface area contributed by atoms with E-state index >= 15 is 0 Å². The average Bonchev–Trinajstić information content (AvgIpc) is 2.05. The van der Waals surface area contributed by atoms with Crippen molar-refractivity contribution in [3.05, 3.63) is 0 Å². The van der Waals surface area contributed by atoms with Gasteiger partial charge in [0.2, 0.25) is 0 Å². The van der Waals surface area contributed by atoms with E-state index in [0.717, 1.165) is 12.8 Å². The van der Waals surface area contributed by atoms with Gasteiger partial charge in [0.15, 0.2) is 0 Å². The van der Waals surface area contributed by atoms with E-state index in [1.54, 1.807) is 6.41 Å². The Bertz CT molecular complexity index is 106. The smallest absolute Gasteiger partial charge is 0.314 e. The van der Waals surface area contributed by atoms with Gasteiger partial charge in [-0.2, -0.15) is 0 Å². The fourth-order valence-electron chi connectivity index (χ4n) is 0.804. The zero-order chi connectivity index (χ0) is 8.69. The molecule has 1 radical (unpaired) electrons. The molecule has 0 aromatic heterocycles. The molecule has 0 aliphatic heterocycles. The molecule has 0 aliphatic carbocycles. The second-order valence-electron chi connectivity index (χ2n) is 2.53. The topological polar surface area (TPSA) is 40.5 Å². The SMILES string of the molecule is CCCCN([C]=O)C(O)CC. The van der Waals surface area contributed by atoms with Crippen molar-refractivity contribution in [2.24, 2.45) is 0 Å². The number of nitrogens with zero attached hydrogens (tertiary/aromatic N) is 1. The summed E-state index contributed by atoms with van der Waals surface area (Å²) in [5.41, 5.74) is 0. The fourth-order valence-corrected chi connectivity index (χ4v) is 0.804. The van der Waals surface area contributed by atoms with Gasteiger partial charge in [-0.15, -0.1) is 0 Å². The Balaban J connectivity index is 3.65. The van der Waals surface area contributed by atoms with Gasteiger partial charge in [0, 0.05) is 6.54 Å². The molecule has 0 saturated carbocycles. The van der Waals surface area contributed by atoms with Crippen LogP contribution in [0.2, 0.25) is 0 Å². The molecule has 3 nitrogen and oxygen atoms in total. The van der Waals surface area contributed by atoms with Gasteiger partial charge in [-0.1, -0.05) is 20.3 Å². The van der Waals surface area contributed by atoms with Crippen LogP contribution in [-0.4, -0.2) is 29.2 Å². The van der Waals surface area contributed by atoms with E-state index in [1.807, 2.05) is 13.8 Å². The highest BCUT2D eigenvalue weighted by Gasteiger charge is 2.10. The van der Waals surface area contributed by atoms with E-state index in [9.17, 15) is 9.90 Å². The van der Waals surface area contributed by atoms with Gasteiger partial charge >= 0.3 is 6.41 Å². The van der Waals surface area contributed by atoms with E-state index in [4.69, 9.17) is 0 Å². The minimum Gasteiger partial charge on any atom is -0.374 e. The average molecular weight is 158 g/mol. The maximum absolute atomic E-state index is 10.3. The molecule has 1 amide bonds. The highest BCUT2D eigenvalue weighted by Crippen LogP contribution is 1.99. The predicted molar refractivity (Wildman–Crippen MR) is 43.6 cm³/mol. The van der Waals surface area contributed by atoms with Gasteiger partial charge in [-0.3, -0.25) is 4.79 Å². The van der Waals surface area contributed by atoms with Crippen LogP contribution in [0.4, 0.5) is 0 Å². The Morgan fingerprint density at radius 3 is 2.55 bits per heavy atom. The van der Waals surface area contributed by atoms with Crippen LogP contribution in [0.1, 0.15) is 33.1 Å². The zero-order valence-corrected chi connectivity index (χ0v) is 7.21. The molecule has 0 heterocycles. The summed E-state index contributed by atoms with van der Waals surface area (Å²) in [6.07, 6.45) is 3.58. The molecule has 0 bridgehead atoms. The quantitative estimate of drug-likeness (QED) is 0.460. The molecule has 0 fully saturated rings. The second kappa shape index (κ2) is 6.16. The molecule has 0 saturated heterocycles. The van der Waals surface area contributed by atoms with Crippen LogP contribution in [0.25, 0.3) is 0 Å². The number of aliphatic hydroxyl groups is 1. The third kappa shape index (κ3) is 3.98. The lowest BCUT2D eigenvalue weighted by atomic mass is 10.3. The maximum atomic E-state index is 10.3. The summed E-state index contributed by atoms with van der Waals surface area (Å²) in [6, 6.07) is 0. The van der Waals surface area contributed by atoms with Gasteiger partial charge in [0.1, 0.15) is 6.23 Å².